The number of aryl methyl sites for hydroxylation is 1. The first-order valence-corrected chi connectivity index (χ1v) is 10.4. The van der Waals surface area contributed by atoms with Crippen molar-refractivity contribution in [3.05, 3.63) is 47.8 Å². The van der Waals surface area contributed by atoms with Gasteiger partial charge in [0.2, 0.25) is 15.9 Å². The van der Waals surface area contributed by atoms with Gasteiger partial charge in [0.25, 0.3) is 0 Å². The molecule has 1 aliphatic rings. The third-order valence-corrected chi connectivity index (χ3v) is 6.29. The molecular weight excluding hydrogens is 364 g/mol. The van der Waals surface area contributed by atoms with Crippen molar-refractivity contribution in [1.29, 1.82) is 0 Å². The highest BCUT2D eigenvalue weighted by Crippen LogP contribution is 2.47. The van der Waals surface area contributed by atoms with Crippen LogP contribution in [0.5, 0.6) is 0 Å². The number of carbonyl (C=O) groups is 1. The fraction of sp³-hybridized carbons (Fsp3) is 0.474. The van der Waals surface area contributed by atoms with E-state index < -0.39 is 15.6 Å². The minimum atomic E-state index is -3.66. The fourth-order valence-corrected chi connectivity index (χ4v) is 4.83. The lowest BCUT2D eigenvalue weighted by atomic mass is 10.1. The van der Waals surface area contributed by atoms with Crippen LogP contribution in [0, 0.1) is 5.92 Å². The van der Waals surface area contributed by atoms with E-state index in [-0.39, 0.29) is 29.2 Å². The van der Waals surface area contributed by atoms with Gasteiger partial charge in [-0.1, -0.05) is 18.2 Å². The van der Waals surface area contributed by atoms with Crippen LogP contribution < -0.4 is 10.0 Å². The number of hydrogen-bond acceptors (Lipinski definition) is 4. The zero-order valence-electron chi connectivity index (χ0n) is 16.1. The Morgan fingerprint density at radius 3 is 2.63 bits per heavy atom. The highest BCUT2D eigenvalue weighted by atomic mass is 32.2. The molecule has 1 aliphatic carbocycles. The van der Waals surface area contributed by atoms with Crippen molar-refractivity contribution in [2.24, 2.45) is 13.0 Å². The molecule has 2 aromatic rings. The summed E-state index contributed by atoms with van der Waals surface area (Å²) in [5.41, 5.74) is 1.05. The van der Waals surface area contributed by atoms with E-state index in [1.54, 1.807) is 55.9 Å². The highest BCUT2D eigenvalue weighted by Gasteiger charge is 2.44. The van der Waals surface area contributed by atoms with E-state index in [0.29, 0.717) is 5.56 Å². The number of benzene rings is 1. The van der Waals surface area contributed by atoms with Crippen molar-refractivity contribution in [3.8, 4) is 0 Å². The molecule has 0 bridgehead atoms. The molecule has 1 saturated carbocycles. The molecule has 2 N–H and O–H groups in total. The molecule has 0 spiro atoms. The van der Waals surface area contributed by atoms with Gasteiger partial charge in [0.15, 0.2) is 0 Å². The van der Waals surface area contributed by atoms with E-state index in [2.05, 4.69) is 15.1 Å². The average Bonchev–Trinajstić information content (AvgIpc) is 3.25. The molecule has 1 fully saturated rings. The molecule has 1 amide bonds. The predicted octanol–water partition coefficient (Wildman–Crippen LogP) is 1.92. The topological polar surface area (TPSA) is 93.1 Å². The monoisotopic (exact) mass is 390 g/mol. The van der Waals surface area contributed by atoms with E-state index in [4.69, 9.17) is 0 Å². The van der Waals surface area contributed by atoms with Crippen LogP contribution in [-0.4, -0.2) is 29.6 Å². The molecule has 2 atom stereocenters. The summed E-state index contributed by atoms with van der Waals surface area (Å²) in [4.78, 5) is 12.6. The molecule has 27 heavy (non-hydrogen) atoms. The minimum absolute atomic E-state index is 0.0557. The number of amides is 1. The third-order valence-electron chi connectivity index (χ3n) is 4.44. The van der Waals surface area contributed by atoms with E-state index in [1.807, 2.05) is 13.2 Å². The molecule has 1 heterocycles. The van der Waals surface area contributed by atoms with Crippen LogP contribution in [0.3, 0.4) is 0 Å². The normalized spacial score (nSPS) is 19.7. The lowest BCUT2D eigenvalue weighted by molar-refractivity contribution is -0.122. The van der Waals surface area contributed by atoms with E-state index in [9.17, 15) is 13.2 Å². The Morgan fingerprint density at radius 1 is 1.30 bits per heavy atom. The summed E-state index contributed by atoms with van der Waals surface area (Å²) < 4.78 is 29.7. The standard InChI is InChI=1S/C19H26N4O3S/c1-19(2,3)22-27(25,26)17-8-6-5-7-13(17)10-20-18(24)16-9-15(16)14-11-21-23(4)12-14/h5-8,11-12,15-16,22H,9-10H2,1-4H3,(H,20,24). The maximum atomic E-state index is 12.7. The van der Waals surface area contributed by atoms with Crippen LogP contribution in [0.2, 0.25) is 0 Å². The molecule has 3 rings (SSSR count). The molecule has 146 valence electrons. The van der Waals surface area contributed by atoms with Crippen molar-refractivity contribution < 1.29 is 13.2 Å². The average molecular weight is 391 g/mol. The van der Waals surface area contributed by atoms with Gasteiger partial charge in [-0.2, -0.15) is 5.10 Å². The first-order chi connectivity index (χ1) is 12.6. The van der Waals surface area contributed by atoms with Gasteiger partial charge >= 0.3 is 0 Å². The summed E-state index contributed by atoms with van der Waals surface area (Å²) >= 11 is 0. The molecule has 2 unspecified atom stereocenters. The zero-order valence-corrected chi connectivity index (χ0v) is 16.9. The second-order valence-electron chi connectivity index (χ2n) is 8.08. The zero-order chi connectivity index (χ0) is 19.8. The quantitative estimate of drug-likeness (QED) is 0.788. The van der Waals surface area contributed by atoms with Crippen LogP contribution in [-0.2, 0) is 28.4 Å². The van der Waals surface area contributed by atoms with E-state index >= 15 is 0 Å². The highest BCUT2D eigenvalue weighted by molar-refractivity contribution is 7.89. The largest absolute Gasteiger partial charge is 0.352 e. The van der Waals surface area contributed by atoms with Crippen LogP contribution >= 0.6 is 0 Å². The maximum absolute atomic E-state index is 12.7. The van der Waals surface area contributed by atoms with Crippen molar-refractivity contribution >= 4 is 15.9 Å². The smallest absolute Gasteiger partial charge is 0.241 e. The van der Waals surface area contributed by atoms with Gasteiger partial charge in [-0.3, -0.25) is 9.48 Å². The van der Waals surface area contributed by atoms with Crippen molar-refractivity contribution in [2.75, 3.05) is 0 Å². The Kier molecular flexibility index (Phi) is 5.14. The number of nitrogens with one attached hydrogen (secondary N) is 2. The second kappa shape index (κ2) is 7.09. The van der Waals surface area contributed by atoms with Gasteiger partial charge < -0.3 is 5.32 Å². The number of sulfonamides is 1. The Morgan fingerprint density at radius 2 is 2.00 bits per heavy atom. The van der Waals surface area contributed by atoms with Gasteiger partial charge in [-0.25, -0.2) is 13.1 Å². The maximum Gasteiger partial charge on any atom is 0.241 e. The summed E-state index contributed by atoms with van der Waals surface area (Å²) in [5.74, 6) is 0.0609. The third kappa shape index (κ3) is 4.75. The number of nitrogens with zero attached hydrogens (tertiary/aromatic N) is 2. The van der Waals surface area contributed by atoms with Gasteiger partial charge in [0.05, 0.1) is 11.1 Å². The van der Waals surface area contributed by atoms with Gasteiger partial charge in [0, 0.05) is 31.2 Å². The van der Waals surface area contributed by atoms with Crippen molar-refractivity contribution in [3.63, 3.8) is 0 Å². The molecule has 0 radical (unpaired) electrons. The van der Waals surface area contributed by atoms with Gasteiger partial charge in [-0.05, 0) is 50.3 Å². The van der Waals surface area contributed by atoms with Crippen LogP contribution in [0.25, 0.3) is 0 Å². The molecule has 0 saturated heterocycles. The SMILES string of the molecule is Cn1cc(C2CC2C(=O)NCc2ccccc2S(=O)(=O)NC(C)(C)C)cn1. The number of carbonyl (C=O) groups excluding carboxylic acids is 1. The molecule has 1 aromatic heterocycles. The molecule has 8 heteroatoms. The Bertz CT molecular complexity index is 944. The van der Waals surface area contributed by atoms with E-state index in [0.717, 1.165) is 12.0 Å². The van der Waals surface area contributed by atoms with Crippen LogP contribution in [0.15, 0.2) is 41.6 Å². The Labute approximate surface area is 160 Å². The Hall–Kier alpha value is -2.19. The van der Waals surface area contributed by atoms with Crippen molar-refractivity contribution in [2.45, 2.75) is 50.1 Å². The van der Waals surface area contributed by atoms with Crippen molar-refractivity contribution in [1.82, 2.24) is 19.8 Å². The summed E-state index contributed by atoms with van der Waals surface area (Å²) in [6.07, 6.45) is 4.51. The second-order valence-corrected chi connectivity index (χ2v) is 9.73. The molecule has 1 aromatic carbocycles. The van der Waals surface area contributed by atoms with Crippen LogP contribution in [0.4, 0.5) is 0 Å². The summed E-state index contributed by atoms with van der Waals surface area (Å²) in [7, 11) is -1.81. The predicted molar refractivity (Wildman–Crippen MR) is 102 cm³/mol. The lowest BCUT2D eigenvalue weighted by Crippen LogP contribution is -2.41. The molecule has 0 aliphatic heterocycles. The first kappa shape index (κ1) is 19.6. The summed E-state index contributed by atoms with van der Waals surface area (Å²) in [5, 5.41) is 7.03. The molecule has 7 nitrogen and oxygen atoms in total. The first-order valence-electron chi connectivity index (χ1n) is 8.95. The lowest BCUT2D eigenvalue weighted by Gasteiger charge is -2.21. The fourth-order valence-electron chi connectivity index (χ4n) is 3.17. The summed E-state index contributed by atoms with van der Waals surface area (Å²) in [6.45, 7) is 5.55. The van der Waals surface area contributed by atoms with E-state index in [1.165, 1.54) is 0 Å². The van der Waals surface area contributed by atoms with Crippen LogP contribution in [0.1, 0.15) is 44.2 Å². The number of hydrogen-bond donors (Lipinski definition) is 2. The van der Waals surface area contributed by atoms with Gasteiger partial charge in [0.1, 0.15) is 0 Å². The molecular formula is C19H26N4O3S. The number of aromatic nitrogens is 2. The van der Waals surface area contributed by atoms with Gasteiger partial charge in [-0.15, -0.1) is 0 Å². The number of rotatable bonds is 6. The summed E-state index contributed by atoms with van der Waals surface area (Å²) in [6, 6.07) is 6.74. The Balaban J connectivity index is 1.66. The minimum Gasteiger partial charge on any atom is -0.352 e.